The lowest BCUT2D eigenvalue weighted by atomic mass is 9.78. The monoisotopic (exact) mass is 194 g/mol. The number of fused-ring (bicyclic) bond motifs is 1. The minimum absolute atomic E-state index is 0.366. The van der Waals surface area contributed by atoms with Gasteiger partial charge in [0.25, 0.3) is 0 Å². The van der Waals surface area contributed by atoms with Crippen molar-refractivity contribution in [3.8, 4) is 0 Å². The average Bonchev–Trinajstić information content (AvgIpc) is 2.50. The van der Waals surface area contributed by atoms with E-state index in [0.29, 0.717) is 11.3 Å². The zero-order valence-electron chi connectivity index (χ0n) is 9.96. The van der Waals surface area contributed by atoms with Gasteiger partial charge in [0.1, 0.15) is 0 Å². The zero-order valence-corrected chi connectivity index (χ0v) is 9.96. The van der Waals surface area contributed by atoms with Crippen molar-refractivity contribution in [3.63, 3.8) is 0 Å². The van der Waals surface area contributed by atoms with Crippen LogP contribution in [0.5, 0.6) is 0 Å². The molecule has 0 aromatic rings. The number of rotatable bonds is 1. The molecule has 3 atom stereocenters. The topological polar surface area (TPSA) is 20.2 Å². The summed E-state index contributed by atoms with van der Waals surface area (Å²) in [5, 5.41) is 10.1. The van der Waals surface area contributed by atoms with E-state index < -0.39 is 5.60 Å². The van der Waals surface area contributed by atoms with Crippen LogP contribution in [0.15, 0.2) is 11.6 Å². The van der Waals surface area contributed by atoms with Crippen LogP contribution in [0.2, 0.25) is 0 Å². The summed E-state index contributed by atoms with van der Waals surface area (Å²) in [6.07, 6.45) is 3.57. The van der Waals surface area contributed by atoms with Crippen LogP contribution in [0.4, 0.5) is 0 Å². The Hall–Kier alpha value is -0.300. The first-order chi connectivity index (χ1) is 6.24. The molecular formula is C13H22O. The molecule has 1 fully saturated rings. The molecule has 2 aliphatic rings. The van der Waals surface area contributed by atoms with Crippen LogP contribution in [-0.4, -0.2) is 10.7 Å². The Morgan fingerprint density at radius 1 is 1.43 bits per heavy atom. The second-order valence-corrected chi connectivity index (χ2v) is 6.31. The standard InChI is InChI=1S/C13H22O/c1-8-6-10-11(12(10,2)3)7-9(8)13(4,5)14/h6,9-11,14H,7H2,1-5H3/t9-,10+,11-/m1/s1. The van der Waals surface area contributed by atoms with E-state index in [0.717, 1.165) is 11.8 Å². The molecule has 0 saturated heterocycles. The summed E-state index contributed by atoms with van der Waals surface area (Å²) in [6, 6.07) is 0. The predicted octanol–water partition coefficient (Wildman–Crippen LogP) is 3.00. The summed E-state index contributed by atoms with van der Waals surface area (Å²) >= 11 is 0. The molecule has 2 rings (SSSR count). The van der Waals surface area contributed by atoms with Crippen LogP contribution < -0.4 is 0 Å². The SMILES string of the molecule is CC1=C[C@H]2[C@@H](C[C@H]1C(C)(C)O)C2(C)C. The lowest BCUT2D eigenvalue weighted by molar-refractivity contribution is 0.0237. The molecule has 0 spiro atoms. The van der Waals surface area contributed by atoms with Crippen LogP contribution in [0.25, 0.3) is 0 Å². The van der Waals surface area contributed by atoms with Crippen LogP contribution in [0, 0.1) is 23.2 Å². The molecule has 1 heteroatoms. The second kappa shape index (κ2) is 2.63. The molecule has 0 aromatic carbocycles. The van der Waals surface area contributed by atoms with Gasteiger partial charge in [-0.25, -0.2) is 0 Å². The van der Waals surface area contributed by atoms with Crippen molar-refractivity contribution in [2.45, 2.75) is 46.6 Å². The molecule has 0 heterocycles. The van der Waals surface area contributed by atoms with Crippen LogP contribution in [0.1, 0.15) is 41.0 Å². The minimum Gasteiger partial charge on any atom is -0.390 e. The molecule has 0 bridgehead atoms. The van der Waals surface area contributed by atoms with Gasteiger partial charge in [-0.2, -0.15) is 0 Å². The maximum Gasteiger partial charge on any atom is 0.0656 e. The van der Waals surface area contributed by atoms with Crippen molar-refractivity contribution in [1.29, 1.82) is 0 Å². The molecule has 0 aromatic heterocycles. The highest BCUT2D eigenvalue weighted by atomic mass is 16.3. The smallest absolute Gasteiger partial charge is 0.0656 e. The normalized spacial score (nSPS) is 40.1. The van der Waals surface area contributed by atoms with Crippen molar-refractivity contribution in [1.82, 2.24) is 0 Å². The van der Waals surface area contributed by atoms with Crippen molar-refractivity contribution in [2.24, 2.45) is 23.2 Å². The Kier molecular flexibility index (Phi) is 1.92. The molecule has 80 valence electrons. The molecule has 2 aliphatic carbocycles. The lowest BCUT2D eigenvalue weighted by Gasteiger charge is -2.32. The highest BCUT2D eigenvalue weighted by molar-refractivity contribution is 5.26. The summed E-state index contributed by atoms with van der Waals surface area (Å²) in [5.74, 6) is 1.95. The van der Waals surface area contributed by atoms with E-state index in [1.54, 1.807) is 0 Å². The van der Waals surface area contributed by atoms with Gasteiger partial charge in [0, 0.05) is 5.92 Å². The first kappa shape index (κ1) is 10.2. The molecule has 0 radical (unpaired) electrons. The number of allylic oxidation sites excluding steroid dienone is 1. The molecule has 1 N–H and O–H groups in total. The number of hydrogen-bond acceptors (Lipinski definition) is 1. The van der Waals surface area contributed by atoms with Gasteiger partial charge in [0.15, 0.2) is 0 Å². The van der Waals surface area contributed by atoms with Crippen LogP contribution in [-0.2, 0) is 0 Å². The summed E-state index contributed by atoms with van der Waals surface area (Å²) in [4.78, 5) is 0. The van der Waals surface area contributed by atoms with Gasteiger partial charge in [-0.3, -0.25) is 0 Å². The second-order valence-electron chi connectivity index (χ2n) is 6.31. The molecule has 1 saturated carbocycles. The van der Waals surface area contributed by atoms with E-state index in [-0.39, 0.29) is 0 Å². The van der Waals surface area contributed by atoms with Crippen molar-refractivity contribution in [3.05, 3.63) is 11.6 Å². The van der Waals surface area contributed by atoms with Gasteiger partial charge in [0.2, 0.25) is 0 Å². The largest absolute Gasteiger partial charge is 0.390 e. The fourth-order valence-corrected chi connectivity index (χ4v) is 3.25. The summed E-state index contributed by atoms with van der Waals surface area (Å²) in [5.41, 5.74) is 1.33. The van der Waals surface area contributed by atoms with Crippen LogP contribution >= 0.6 is 0 Å². The number of aliphatic hydroxyl groups is 1. The summed E-state index contributed by atoms with van der Waals surface area (Å²) in [7, 11) is 0. The van der Waals surface area contributed by atoms with E-state index >= 15 is 0 Å². The van der Waals surface area contributed by atoms with E-state index in [9.17, 15) is 5.11 Å². The third-order valence-corrected chi connectivity index (χ3v) is 4.47. The minimum atomic E-state index is -0.551. The predicted molar refractivity (Wildman–Crippen MR) is 58.9 cm³/mol. The van der Waals surface area contributed by atoms with Crippen molar-refractivity contribution in [2.75, 3.05) is 0 Å². The van der Waals surface area contributed by atoms with Crippen molar-refractivity contribution < 1.29 is 5.11 Å². The first-order valence-electron chi connectivity index (χ1n) is 5.65. The summed E-state index contributed by atoms with van der Waals surface area (Å²) in [6.45, 7) is 10.7. The van der Waals surface area contributed by atoms with E-state index in [4.69, 9.17) is 0 Å². The fraction of sp³-hybridized carbons (Fsp3) is 0.846. The van der Waals surface area contributed by atoms with E-state index in [1.807, 2.05) is 13.8 Å². The maximum absolute atomic E-state index is 10.1. The highest BCUT2D eigenvalue weighted by Gasteiger charge is 2.59. The Labute approximate surface area is 87.2 Å². The van der Waals surface area contributed by atoms with E-state index in [1.165, 1.54) is 12.0 Å². The van der Waals surface area contributed by atoms with Gasteiger partial charge in [-0.1, -0.05) is 25.5 Å². The molecule has 14 heavy (non-hydrogen) atoms. The average molecular weight is 194 g/mol. The van der Waals surface area contributed by atoms with Gasteiger partial charge >= 0.3 is 0 Å². The van der Waals surface area contributed by atoms with Gasteiger partial charge in [-0.15, -0.1) is 0 Å². The van der Waals surface area contributed by atoms with E-state index in [2.05, 4.69) is 26.8 Å². The molecule has 0 unspecified atom stereocenters. The molecule has 0 amide bonds. The quantitative estimate of drug-likeness (QED) is 0.636. The zero-order chi connectivity index (χ0) is 10.7. The first-order valence-corrected chi connectivity index (χ1v) is 5.65. The maximum atomic E-state index is 10.1. The molecule has 0 aliphatic heterocycles. The fourth-order valence-electron chi connectivity index (χ4n) is 3.25. The Balaban J connectivity index is 2.21. The molecular weight excluding hydrogens is 172 g/mol. The Morgan fingerprint density at radius 3 is 2.50 bits per heavy atom. The molecule has 1 nitrogen and oxygen atoms in total. The van der Waals surface area contributed by atoms with Gasteiger partial charge in [-0.05, 0) is 44.4 Å². The van der Waals surface area contributed by atoms with Gasteiger partial charge in [0.05, 0.1) is 5.60 Å². The van der Waals surface area contributed by atoms with Crippen LogP contribution in [0.3, 0.4) is 0 Å². The summed E-state index contributed by atoms with van der Waals surface area (Å²) < 4.78 is 0. The Bertz CT molecular complexity index is 280. The number of hydrogen-bond donors (Lipinski definition) is 1. The van der Waals surface area contributed by atoms with Crippen molar-refractivity contribution >= 4 is 0 Å². The highest BCUT2D eigenvalue weighted by Crippen LogP contribution is 2.65. The lowest BCUT2D eigenvalue weighted by Crippen LogP contribution is -2.33. The Morgan fingerprint density at radius 2 is 2.00 bits per heavy atom. The third kappa shape index (κ3) is 1.33. The van der Waals surface area contributed by atoms with Gasteiger partial charge < -0.3 is 5.11 Å². The third-order valence-electron chi connectivity index (χ3n) is 4.47.